The van der Waals surface area contributed by atoms with E-state index in [2.05, 4.69) is 15.9 Å². The van der Waals surface area contributed by atoms with Gasteiger partial charge in [0.15, 0.2) is 0 Å². The molecule has 0 saturated carbocycles. The van der Waals surface area contributed by atoms with E-state index in [0.717, 1.165) is 10.8 Å². The first-order valence-electron chi connectivity index (χ1n) is 3.75. The second-order valence-electron chi connectivity index (χ2n) is 2.77. The molecule has 0 atom stereocenters. The van der Waals surface area contributed by atoms with Gasteiger partial charge in [0, 0.05) is 0 Å². The number of halogens is 2. The average molecular weight is 241 g/mol. The lowest BCUT2D eigenvalue weighted by Crippen LogP contribution is -1.79. The molecule has 0 aliphatic heterocycles. The van der Waals surface area contributed by atoms with Crippen molar-refractivity contribution in [2.24, 2.45) is 0 Å². The Hall–Kier alpha value is -1.09. The number of phenolic OH excluding ortho intramolecular Hbond substituents is 1. The zero-order valence-electron chi connectivity index (χ0n) is 6.59. The second-order valence-corrected chi connectivity index (χ2v) is 3.56. The molecule has 2 aromatic carbocycles. The van der Waals surface area contributed by atoms with Crippen LogP contribution in [0.4, 0.5) is 4.39 Å². The summed E-state index contributed by atoms with van der Waals surface area (Å²) in [5.74, 6) is -0.107. The Bertz CT molecular complexity index is 468. The monoisotopic (exact) mass is 240 g/mol. The summed E-state index contributed by atoms with van der Waals surface area (Å²) >= 11 is 3.15. The lowest BCUT2D eigenvalue weighted by molar-refractivity contribution is 0.476. The summed E-state index contributed by atoms with van der Waals surface area (Å²) in [7, 11) is 0. The van der Waals surface area contributed by atoms with E-state index in [1.54, 1.807) is 18.2 Å². The predicted octanol–water partition coefficient (Wildman–Crippen LogP) is 3.45. The van der Waals surface area contributed by atoms with Crippen LogP contribution in [0.5, 0.6) is 5.75 Å². The Balaban J connectivity index is 2.87. The van der Waals surface area contributed by atoms with Crippen LogP contribution in [0, 0.1) is 5.82 Å². The molecular formula is C10H6BrFO. The van der Waals surface area contributed by atoms with E-state index < -0.39 is 0 Å². The van der Waals surface area contributed by atoms with Crippen molar-refractivity contribution in [3.8, 4) is 5.75 Å². The molecule has 0 radical (unpaired) electrons. The van der Waals surface area contributed by atoms with Gasteiger partial charge in [0.05, 0.1) is 4.47 Å². The largest absolute Gasteiger partial charge is 0.508 e. The fourth-order valence-electron chi connectivity index (χ4n) is 1.25. The van der Waals surface area contributed by atoms with E-state index in [9.17, 15) is 9.50 Å². The summed E-state index contributed by atoms with van der Waals surface area (Å²) in [4.78, 5) is 0. The zero-order valence-corrected chi connectivity index (χ0v) is 8.18. The lowest BCUT2D eigenvalue weighted by atomic mass is 10.1. The molecule has 0 unspecified atom stereocenters. The highest BCUT2D eigenvalue weighted by atomic mass is 79.9. The smallest absolute Gasteiger partial charge is 0.138 e. The third-order valence-electron chi connectivity index (χ3n) is 1.89. The molecule has 0 bridgehead atoms. The Morgan fingerprint density at radius 2 is 1.92 bits per heavy atom. The second kappa shape index (κ2) is 3.00. The first kappa shape index (κ1) is 8.51. The van der Waals surface area contributed by atoms with Crippen LogP contribution in [0.1, 0.15) is 0 Å². The number of hydrogen-bond donors (Lipinski definition) is 1. The molecule has 1 N–H and O–H groups in total. The summed E-state index contributed by atoms with van der Waals surface area (Å²) < 4.78 is 13.5. The summed E-state index contributed by atoms with van der Waals surface area (Å²) in [6, 6.07) is 7.81. The fraction of sp³-hybridized carbons (Fsp3) is 0. The molecule has 0 fully saturated rings. The maximum absolute atomic E-state index is 13.0. The maximum Gasteiger partial charge on any atom is 0.138 e. The van der Waals surface area contributed by atoms with E-state index in [-0.39, 0.29) is 11.6 Å². The fourth-order valence-corrected chi connectivity index (χ4v) is 1.75. The first-order valence-corrected chi connectivity index (χ1v) is 4.54. The third kappa shape index (κ3) is 1.40. The van der Waals surface area contributed by atoms with Crippen LogP contribution in [0.2, 0.25) is 0 Å². The van der Waals surface area contributed by atoms with Crippen molar-refractivity contribution in [1.29, 1.82) is 0 Å². The van der Waals surface area contributed by atoms with Gasteiger partial charge in [-0.05, 0) is 51.0 Å². The Labute approximate surface area is 82.9 Å². The average Bonchev–Trinajstić information content (AvgIpc) is 2.12. The topological polar surface area (TPSA) is 20.2 Å². The van der Waals surface area contributed by atoms with Gasteiger partial charge in [-0.15, -0.1) is 0 Å². The summed E-state index contributed by atoms with van der Waals surface area (Å²) in [5, 5.41) is 10.8. The molecule has 0 spiro atoms. The van der Waals surface area contributed by atoms with Gasteiger partial charge in [-0.3, -0.25) is 0 Å². The molecule has 0 amide bonds. The third-order valence-corrected chi connectivity index (χ3v) is 2.70. The van der Waals surface area contributed by atoms with Gasteiger partial charge in [0.25, 0.3) is 0 Å². The van der Waals surface area contributed by atoms with Crippen LogP contribution in [-0.4, -0.2) is 5.11 Å². The van der Waals surface area contributed by atoms with E-state index in [1.807, 2.05) is 0 Å². The first-order chi connectivity index (χ1) is 6.18. The quantitative estimate of drug-likeness (QED) is 0.748. The number of hydrogen-bond acceptors (Lipinski definition) is 1. The molecule has 0 aromatic heterocycles. The van der Waals surface area contributed by atoms with E-state index in [1.165, 1.54) is 12.1 Å². The lowest BCUT2D eigenvalue weighted by Gasteiger charge is -2.01. The molecular weight excluding hydrogens is 235 g/mol. The van der Waals surface area contributed by atoms with Crippen LogP contribution in [0.3, 0.4) is 0 Å². The normalized spacial score (nSPS) is 10.6. The van der Waals surface area contributed by atoms with Crippen molar-refractivity contribution in [1.82, 2.24) is 0 Å². The highest BCUT2D eigenvalue weighted by Crippen LogP contribution is 2.28. The van der Waals surface area contributed by atoms with Crippen LogP contribution < -0.4 is 0 Å². The number of benzene rings is 2. The Morgan fingerprint density at radius 3 is 2.69 bits per heavy atom. The molecule has 2 rings (SSSR count). The molecule has 0 heterocycles. The van der Waals surface area contributed by atoms with Crippen LogP contribution in [0.25, 0.3) is 10.8 Å². The summed E-state index contributed by atoms with van der Waals surface area (Å²) in [5.41, 5.74) is 0. The van der Waals surface area contributed by atoms with Crippen LogP contribution >= 0.6 is 15.9 Å². The van der Waals surface area contributed by atoms with E-state index in [0.29, 0.717) is 4.47 Å². The number of aromatic hydroxyl groups is 1. The van der Waals surface area contributed by atoms with Crippen LogP contribution in [-0.2, 0) is 0 Å². The minimum Gasteiger partial charge on any atom is -0.508 e. The molecule has 66 valence electrons. The molecule has 0 aliphatic rings. The SMILES string of the molecule is Oc1ccc2c(Br)c(F)ccc2c1. The van der Waals surface area contributed by atoms with Crippen molar-refractivity contribution < 1.29 is 9.50 Å². The zero-order chi connectivity index (χ0) is 9.42. The molecule has 0 aliphatic carbocycles. The van der Waals surface area contributed by atoms with Crippen molar-refractivity contribution in [2.45, 2.75) is 0 Å². The maximum atomic E-state index is 13.0. The minimum absolute atomic E-state index is 0.186. The number of phenols is 1. The van der Waals surface area contributed by atoms with Crippen LogP contribution in [0.15, 0.2) is 34.8 Å². The van der Waals surface area contributed by atoms with Gasteiger partial charge < -0.3 is 5.11 Å². The van der Waals surface area contributed by atoms with E-state index >= 15 is 0 Å². The van der Waals surface area contributed by atoms with Crippen molar-refractivity contribution in [3.05, 3.63) is 40.6 Å². The van der Waals surface area contributed by atoms with Gasteiger partial charge in [0.2, 0.25) is 0 Å². The summed E-state index contributed by atoms with van der Waals surface area (Å²) in [6.45, 7) is 0. The van der Waals surface area contributed by atoms with Gasteiger partial charge in [-0.2, -0.15) is 0 Å². The Kier molecular flexibility index (Phi) is 1.96. The molecule has 13 heavy (non-hydrogen) atoms. The van der Waals surface area contributed by atoms with Gasteiger partial charge in [-0.25, -0.2) is 4.39 Å². The predicted molar refractivity (Wildman–Crippen MR) is 53.3 cm³/mol. The molecule has 1 nitrogen and oxygen atoms in total. The van der Waals surface area contributed by atoms with Crippen molar-refractivity contribution >= 4 is 26.7 Å². The summed E-state index contributed by atoms with van der Waals surface area (Å²) in [6.07, 6.45) is 0. The van der Waals surface area contributed by atoms with Gasteiger partial charge in [-0.1, -0.05) is 6.07 Å². The van der Waals surface area contributed by atoms with Gasteiger partial charge >= 0.3 is 0 Å². The highest BCUT2D eigenvalue weighted by molar-refractivity contribution is 9.10. The number of rotatable bonds is 0. The van der Waals surface area contributed by atoms with E-state index in [4.69, 9.17) is 0 Å². The minimum atomic E-state index is -0.293. The van der Waals surface area contributed by atoms with Crippen molar-refractivity contribution in [2.75, 3.05) is 0 Å². The van der Waals surface area contributed by atoms with Crippen molar-refractivity contribution in [3.63, 3.8) is 0 Å². The highest BCUT2D eigenvalue weighted by Gasteiger charge is 2.04. The standard InChI is InChI=1S/C10H6BrFO/c11-10-8-3-2-7(13)5-6(8)1-4-9(10)12/h1-5,13H. The molecule has 3 heteroatoms. The number of fused-ring (bicyclic) bond motifs is 1. The molecule has 0 saturated heterocycles. The Morgan fingerprint density at radius 1 is 1.15 bits per heavy atom. The molecule has 2 aromatic rings. The van der Waals surface area contributed by atoms with Gasteiger partial charge in [0.1, 0.15) is 11.6 Å².